The van der Waals surface area contributed by atoms with Crippen molar-refractivity contribution in [2.24, 2.45) is 0 Å². The molecule has 2 rings (SSSR count). The largest absolute Gasteiger partial charge is 0.491 e. The quantitative estimate of drug-likeness (QED) is 0.898. The molecule has 0 aromatic carbocycles. The molecule has 4 nitrogen and oxygen atoms in total. The van der Waals surface area contributed by atoms with E-state index in [1.165, 1.54) is 5.56 Å². The van der Waals surface area contributed by atoms with Crippen LogP contribution in [-0.4, -0.2) is 23.6 Å². The van der Waals surface area contributed by atoms with Crippen LogP contribution < -0.4 is 10.1 Å². The lowest BCUT2D eigenvalue weighted by atomic mass is 10.2. The minimum atomic E-state index is 0.719. The third kappa shape index (κ3) is 2.46. The first-order valence-corrected chi connectivity index (χ1v) is 6.83. The number of thiophene rings is 1. The van der Waals surface area contributed by atoms with Crippen molar-refractivity contribution in [3.63, 3.8) is 0 Å². The molecule has 0 radical (unpaired) electrons. The molecule has 0 spiro atoms. The summed E-state index contributed by atoms with van der Waals surface area (Å²) in [4.78, 5) is 9.73. The Morgan fingerprint density at radius 3 is 2.83 bits per heavy atom. The first kappa shape index (κ1) is 12.8. The van der Waals surface area contributed by atoms with Crippen LogP contribution in [0.1, 0.15) is 18.9 Å². The highest BCUT2D eigenvalue weighted by Crippen LogP contribution is 2.37. The number of methoxy groups -OCH3 is 1. The SMILES string of the molecule is CCCNc1ncnc(-c2sccc2C)c1OC. The van der Waals surface area contributed by atoms with Crippen LogP contribution in [0.25, 0.3) is 10.6 Å². The van der Waals surface area contributed by atoms with E-state index in [1.54, 1.807) is 24.8 Å². The van der Waals surface area contributed by atoms with Gasteiger partial charge in [0.15, 0.2) is 11.6 Å². The summed E-state index contributed by atoms with van der Waals surface area (Å²) in [6, 6.07) is 2.08. The lowest BCUT2D eigenvalue weighted by molar-refractivity contribution is 0.414. The summed E-state index contributed by atoms with van der Waals surface area (Å²) in [5.74, 6) is 1.48. The lowest BCUT2D eigenvalue weighted by Crippen LogP contribution is -2.05. The van der Waals surface area contributed by atoms with Crippen molar-refractivity contribution < 1.29 is 4.74 Å². The third-order valence-electron chi connectivity index (χ3n) is 2.63. The molecule has 0 atom stereocenters. The van der Waals surface area contributed by atoms with E-state index in [9.17, 15) is 0 Å². The highest BCUT2D eigenvalue weighted by molar-refractivity contribution is 7.13. The minimum absolute atomic E-state index is 0.719. The maximum Gasteiger partial charge on any atom is 0.188 e. The number of aromatic nitrogens is 2. The molecule has 0 aliphatic rings. The lowest BCUT2D eigenvalue weighted by Gasteiger charge is -2.12. The van der Waals surface area contributed by atoms with Crippen LogP contribution in [0.3, 0.4) is 0 Å². The molecule has 0 saturated heterocycles. The van der Waals surface area contributed by atoms with E-state index in [-0.39, 0.29) is 0 Å². The number of aryl methyl sites for hydroxylation is 1. The monoisotopic (exact) mass is 263 g/mol. The molecule has 0 unspecified atom stereocenters. The Bertz CT molecular complexity index is 525. The molecule has 0 aliphatic carbocycles. The van der Waals surface area contributed by atoms with Crippen molar-refractivity contribution in [3.8, 4) is 16.3 Å². The summed E-state index contributed by atoms with van der Waals surface area (Å²) in [5, 5.41) is 5.33. The van der Waals surface area contributed by atoms with Crippen LogP contribution in [0.4, 0.5) is 5.82 Å². The molecule has 0 bridgehead atoms. The van der Waals surface area contributed by atoms with Crippen molar-refractivity contribution in [2.45, 2.75) is 20.3 Å². The molecule has 0 aliphatic heterocycles. The van der Waals surface area contributed by atoms with Gasteiger partial charge >= 0.3 is 0 Å². The van der Waals surface area contributed by atoms with Crippen molar-refractivity contribution in [3.05, 3.63) is 23.3 Å². The van der Waals surface area contributed by atoms with Gasteiger partial charge in [-0.3, -0.25) is 0 Å². The zero-order valence-electron chi connectivity index (χ0n) is 10.9. The molecular formula is C13H17N3OS. The Morgan fingerprint density at radius 2 is 2.22 bits per heavy atom. The summed E-state index contributed by atoms with van der Waals surface area (Å²) in [6.07, 6.45) is 2.62. The average molecular weight is 263 g/mol. The van der Waals surface area contributed by atoms with E-state index in [2.05, 4.69) is 40.6 Å². The summed E-state index contributed by atoms with van der Waals surface area (Å²) in [5.41, 5.74) is 2.07. The second-order valence-electron chi connectivity index (χ2n) is 3.96. The molecule has 1 N–H and O–H groups in total. The third-order valence-corrected chi connectivity index (χ3v) is 3.65. The molecule has 2 aromatic heterocycles. The summed E-state index contributed by atoms with van der Waals surface area (Å²) >= 11 is 1.67. The highest BCUT2D eigenvalue weighted by atomic mass is 32.1. The molecule has 18 heavy (non-hydrogen) atoms. The predicted octanol–water partition coefficient (Wildman–Crippen LogP) is 3.34. The Labute approximate surface area is 111 Å². The van der Waals surface area contributed by atoms with Crippen LogP contribution in [0.15, 0.2) is 17.8 Å². The molecule has 2 heterocycles. The van der Waals surface area contributed by atoms with Crippen LogP contribution in [-0.2, 0) is 0 Å². The Kier molecular flexibility index (Phi) is 4.15. The smallest absolute Gasteiger partial charge is 0.188 e. The molecule has 0 amide bonds. The number of rotatable bonds is 5. The van der Waals surface area contributed by atoms with Gasteiger partial charge in [0, 0.05) is 6.54 Å². The van der Waals surface area contributed by atoms with Crippen LogP contribution in [0, 0.1) is 6.92 Å². The minimum Gasteiger partial charge on any atom is -0.491 e. The molecule has 5 heteroatoms. The van der Waals surface area contributed by atoms with Crippen molar-refractivity contribution in [2.75, 3.05) is 19.0 Å². The summed E-state index contributed by atoms with van der Waals surface area (Å²) in [6.45, 7) is 5.06. The maximum absolute atomic E-state index is 5.47. The fourth-order valence-electron chi connectivity index (χ4n) is 1.71. The van der Waals surface area contributed by atoms with Crippen molar-refractivity contribution >= 4 is 17.2 Å². The molecule has 0 fully saturated rings. The molecular weight excluding hydrogens is 246 g/mol. The second kappa shape index (κ2) is 5.82. The van der Waals surface area contributed by atoms with Crippen LogP contribution >= 0.6 is 11.3 Å². The fourth-order valence-corrected chi connectivity index (χ4v) is 2.63. The Morgan fingerprint density at radius 1 is 1.39 bits per heavy atom. The van der Waals surface area contributed by atoms with Gasteiger partial charge in [-0.05, 0) is 30.4 Å². The van der Waals surface area contributed by atoms with E-state index in [0.717, 1.165) is 35.1 Å². The molecule has 0 saturated carbocycles. The predicted molar refractivity (Wildman–Crippen MR) is 75.4 cm³/mol. The summed E-state index contributed by atoms with van der Waals surface area (Å²) in [7, 11) is 1.66. The second-order valence-corrected chi connectivity index (χ2v) is 4.88. The van der Waals surface area contributed by atoms with Gasteiger partial charge in [-0.1, -0.05) is 6.92 Å². The van der Waals surface area contributed by atoms with Gasteiger partial charge < -0.3 is 10.1 Å². The molecule has 2 aromatic rings. The van der Waals surface area contributed by atoms with Gasteiger partial charge in [0.1, 0.15) is 12.0 Å². The highest BCUT2D eigenvalue weighted by Gasteiger charge is 2.15. The van der Waals surface area contributed by atoms with Crippen molar-refractivity contribution in [1.82, 2.24) is 9.97 Å². The van der Waals surface area contributed by atoms with E-state index in [4.69, 9.17) is 4.74 Å². The Hall–Kier alpha value is -1.62. The van der Waals surface area contributed by atoms with Gasteiger partial charge in [-0.25, -0.2) is 9.97 Å². The van der Waals surface area contributed by atoms with Crippen molar-refractivity contribution in [1.29, 1.82) is 0 Å². The first-order chi connectivity index (χ1) is 8.77. The van der Waals surface area contributed by atoms with Gasteiger partial charge in [0.2, 0.25) is 0 Å². The molecule has 96 valence electrons. The number of nitrogens with zero attached hydrogens (tertiary/aromatic N) is 2. The number of hydrogen-bond acceptors (Lipinski definition) is 5. The average Bonchev–Trinajstić information content (AvgIpc) is 2.81. The summed E-state index contributed by atoms with van der Waals surface area (Å²) < 4.78 is 5.47. The first-order valence-electron chi connectivity index (χ1n) is 5.95. The standard InChI is InChI=1S/C13H17N3OS/c1-4-6-14-13-11(17-3)10(15-8-16-13)12-9(2)5-7-18-12/h5,7-8H,4,6H2,1-3H3,(H,14,15,16). The normalized spacial score (nSPS) is 10.4. The van der Waals surface area contributed by atoms with Crippen LogP contribution in [0.5, 0.6) is 5.75 Å². The maximum atomic E-state index is 5.47. The number of hydrogen-bond donors (Lipinski definition) is 1. The van der Waals surface area contributed by atoms with Gasteiger partial charge in [0.25, 0.3) is 0 Å². The van der Waals surface area contributed by atoms with Gasteiger partial charge in [-0.15, -0.1) is 11.3 Å². The van der Waals surface area contributed by atoms with E-state index in [1.807, 2.05) is 0 Å². The van der Waals surface area contributed by atoms with Crippen LogP contribution in [0.2, 0.25) is 0 Å². The Balaban J connectivity index is 2.45. The van der Waals surface area contributed by atoms with Gasteiger partial charge in [-0.2, -0.15) is 0 Å². The van der Waals surface area contributed by atoms with Gasteiger partial charge in [0.05, 0.1) is 12.0 Å². The fraction of sp³-hybridized carbons (Fsp3) is 0.385. The zero-order valence-corrected chi connectivity index (χ0v) is 11.7. The number of ether oxygens (including phenoxy) is 1. The van der Waals surface area contributed by atoms with E-state index >= 15 is 0 Å². The zero-order chi connectivity index (χ0) is 13.0. The number of nitrogens with one attached hydrogen (secondary N) is 1. The van der Waals surface area contributed by atoms with E-state index < -0.39 is 0 Å². The topological polar surface area (TPSA) is 47.0 Å². The number of anilines is 1. The van der Waals surface area contributed by atoms with E-state index in [0.29, 0.717) is 0 Å².